The molecule has 2 aromatic carbocycles. The van der Waals surface area contributed by atoms with Crippen molar-refractivity contribution in [2.45, 2.75) is 13.0 Å². The first-order chi connectivity index (χ1) is 14.1. The standard InChI is InChI=1S/C22H22ClFN4O/c23-20-4-2-1-3-17(20)13-21(29)28-11-9-27(10-12-28)15-18-14-25-26-22(18)16-5-7-19(24)8-6-16/h1-8,14H,9-13,15H2,(H,25,26). The molecule has 1 aromatic heterocycles. The second kappa shape index (κ2) is 8.76. The predicted octanol–water partition coefficient (Wildman–Crippen LogP) is 3.76. The van der Waals surface area contributed by atoms with Crippen molar-refractivity contribution in [3.8, 4) is 11.3 Å². The third kappa shape index (κ3) is 4.66. The first kappa shape index (κ1) is 19.6. The van der Waals surface area contributed by atoms with E-state index in [4.69, 9.17) is 11.6 Å². The van der Waals surface area contributed by atoms with E-state index in [2.05, 4.69) is 15.1 Å². The smallest absolute Gasteiger partial charge is 0.227 e. The molecular weight excluding hydrogens is 391 g/mol. The van der Waals surface area contributed by atoms with Crippen LogP contribution < -0.4 is 0 Å². The maximum atomic E-state index is 13.2. The summed E-state index contributed by atoms with van der Waals surface area (Å²) in [6.45, 7) is 3.69. The van der Waals surface area contributed by atoms with Gasteiger partial charge >= 0.3 is 0 Å². The third-order valence-electron chi connectivity index (χ3n) is 5.27. The molecule has 29 heavy (non-hydrogen) atoms. The number of aromatic nitrogens is 2. The average Bonchev–Trinajstić information content (AvgIpc) is 3.19. The number of hydrogen-bond donors (Lipinski definition) is 1. The van der Waals surface area contributed by atoms with Crippen LogP contribution in [0.2, 0.25) is 5.02 Å². The molecule has 3 aromatic rings. The van der Waals surface area contributed by atoms with Gasteiger partial charge in [-0.2, -0.15) is 5.10 Å². The number of carbonyl (C=O) groups is 1. The molecule has 0 spiro atoms. The Bertz CT molecular complexity index is 980. The van der Waals surface area contributed by atoms with Gasteiger partial charge in [0, 0.05) is 48.9 Å². The molecule has 4 rings (SSSR count). The summed E-state index contributed by atoms with van der Waals surface area (Å²) >= 11 is 6.18. The zero-order valence-electron chi connectivity index (χ0n) is 15.9. The van der Waals surface area contributed by atoms with Crippen molar-refractivity contribution in [3.63, 3.8) is 0 Å². The summed E-state index contributed by atoms with van der Waals surface area (Å²) in [5.41, 5.74) is 3.74. The van der Waals surface area contributed by atoms with Crippen LogP contribution in [-0.2, 0) is 17.8 Å². The van der Waals surface area contributed by atoms with Crippen molar-refractivity contribution in [2.24, 2.45) is 0 Å². The Morgan fingerprint density at radius 1 is 1.03 bits per heavy atom. The fraction of sp³-hybridized carbons (Fsp3) is 0.273. The van der Waals surface area contributed by atoms with Crippen molar-refractivity contribution < 1.29 is 9.18 Å². The molecular formula is C22H22ClFN4O. The number of halogens is 2. The molecule has 1 saturated heterocycles. The third-order valence-corrected chi connectivity index (χ3v) is 5.64. The monoisotopic (exact) mass is 412 g/mol. The topological polar surface area (TPSA) is 52.2 Å². The van der Waals surface area contributed by atoms with Crippen molar-refractivity contribution in [2.75, 3.05) is 26.2 Å². The summed E-state index contributed by atoms with van der Waals surface area (Å²) in [7, 11) is 0. The molecule has 1 fully saturated rings. The number of H-pyrrole nitrogens is 1. The Balaban J connectivity index is 1.34. The van der Waals surface area contributed by atoms with E-state index in [-0.39, 0.29) is 11.7 Å². The molecule has 0 aliphatic carbocycles. The van der Waals surface area contributed by atoms with Crippen LogP contribution in [0.15, 0.2) is 54.7 Å². The van der Waals surface area contributed by atoms with Gasteiger partial charge in [0.25, 0.3) is 0 Å². The zero-order valence-corrected chi connectivity index (χ0v) is 16.7. The highest BCUT2D eigenvalue weighted by molar-refractivity contribution is 6.31. The van der Waals surface area contributed by atoms with Gasteiger partial charge in [0.1, 0.15) is 5.82 Å². The minimum atomic E-state index is -0.257. The average molecular weight is 413 g/mol. The van der Waals surface area contributed by atoms with Crippen molar-refractivity contribution in [1.29, 1.82) is 0 Å². The summed E-state index contributed by atoms with van der Waals surface area (Å²) in [5, 5.41) is 7.81. The lowest BCUT2D eigenvalue weighted by Crippen LogP contribution is -2.48. The van der Waals surface area contributed by atoms with Gasteiger partial charge in [-0.3, -0.25) is 14.8 Å². The highest BCUT2D eigenvalue weighted by Crippen LogP contribution is 2.23. The van der Waals surface area contributed by atoms with Crippen LogP contribution in [0.25, 0.3) is 11.3 Å². The molecule has 2 heterocycles. The quantitative estimate of drug-likeness (QED) is 0.694. The fourth-order valence-corrected chi connectivity index (χ4v) is 3.81. The van der Waals surface area contributed by atoms with Crippen molar-refractivity contribution in [1.82, 2.24) is 20.0 Å². The highest BCUT2D eigenvalue weighted by atomic mass is 35.5. The molecule has 150 valence electrons. The predicted molar refractivity (Wildman–Crippen MR) is 111 cm³/mol. The van der Waals surface area contributed by atoms with Crippen LogP contribution in [0.3, 0.4) is 0 Å². The number of nitrogens with one attached hydrogen (secondary N) is 1. The molecule has 0 radical (unpaired) electrons. The number of hydrogen-bond acceptors (Lipinski definition) is 3. The molecule has 0 unspecified atom stereocenters. The summed E-state index contributed by atoms with van der Waals surface area (Å²) in [5.74, 6) is -0.152. The number of piperazine rings is 1. The lowest BCUT2D eigenvalue weighted by atomic mass is 10.1. The highest BCUT2D eigenvalue weighted by Gasteiger charge is 2.22. The second-order valence-corrected chi connectivity index (χ2v) is 7.61. The van der Waals surface area contributed by atoms with Crippen LogP contribution in [0, 0.1) is 5.82 Å². The Morgan fingerprint density at radius 2 is 1.76 bits per heavy atom. The first-order valence-corrected chi connectivity index (χ1v) is 9.99. The van der Waals surface area contributed by atoms with E-state index in [1.54, 1.807) is 12.1 Å². The van der Waals surface area contributed by atoms with Gasteiger partial charge in [-0.05, 0) is 35.9 Å². The van der Waals surface area contributed by atoms with Gasteiger partial charge in [0.05, 0.1) is 18.3 Å². The second-order valence-electron chi connectivity index (χ2n) is 7.20. The SMILES string of the molecule is O=C(Cc1ccccc1Cl)N1CCN(Cc2cn[nH]c2-c2ccc(F)cc2)CC1. The Hall–Kier alpha value is -2.70. The first-order valence-electron chi connectivity index (χ1n) is 9.62. The van der Waals surface area contributed by atoms with Crippen LogP contribution in [0.1, 0.15) is 11.1 Å². The fourth-order valence-electron chi connectivity index (χ4n) is 3.61. The molecule has 0 saturated carbocycles. The molecule has 1 aliphatic heterocycles. The van der Waals surface area contributed by atoms with Gasteiger partial charge in [0.2, 0.25) is 5.91 Å². The number of amides is 1. The van der Waals surface area contributed by atoms with Gasteiger partial charge in [-0.1, -0.05) is 29.8 Å². The molecule has 1 amide bonds. The lowest BCUT2D eigenvalue weighted by molar-refractivity contribution is -0.132. The number of nitrogens with zero attached hydrogens (tertiary/aromatic N) is 3. The molecule has 0 atom stereocenters. The minimum absolute atomic E-state index is 0.105. The maximum Gasteiger partial charge on any atom is 0.227 e. The van der Waals surface area contributed by atoms with Gasteiger partial charge < -0.3 is 4.90 Å². The normalized spacial score (nSPS) is 14.9. The Morgan fingerprint density at radius 3 is 2.48 bits per heavy atom. The molecule has 0 bridgehead atoms. The number of aromatic amines is 1. The van der Waals surface area contributed by atoms with Crippen LogP contribution >= 0.6 is 11.6 Å². The summed E-state index contributed by atoms with van der Waals surface area (Å²) in [4.78, 5) is 16.8. The molecule has 1 N–H and O–H groups in total. The van der Waals surface area contributed by atoms with Gasteiger partial charge in [0.15, 0.2) is 0 Å². The largest absolute Gasteiger partial charge is 0.340 e. The lowest BCUT2D eigenvalue weighted by Gasteiger charge is -2.34. The number of benzene rings is 2. The van der Waals surface area contributed by atoms with Gasteiger partial charge in [-0.15, -0.1) is 0 Å². The number of rotatable bonds is 5. The van der Waals surface area contributed by atoms with Crippen LogP contribution in [-0.4, -0.2) is 52.1 Å². The summed E-state index contributed by atoms with van der Waals surface area (Å²) < 4.78 is 13.2. The summed E-state index contributed by atoms with van der Waals surface area (Å²) in [6.07, 6.45) is 2.14. The van der Waals surface area contributed by atoms with Crippen LogP contribution in [0.4, 0.5) is 4.39 Å². The van der Waals surface area contributed by atoms with E-state index in [0.29, 0.717) is 24.5 Å². The van der Waals surface area contributed by atoms with E-state index in [0.717, 1.165) is 42.0 Å². The van der Waals surface area contributed by atoms with E-state index < -0.39 is 0 Å². The maximum absolute atomic E-state index is 13.2. The molecule has 1 aliphatic rings. The van der Waals surface area contributed by atoms with E-state index in [1.807, 2.05) is 35.4 Å². The van der Waals surface area contributed by atoms with E-state index in [9.17, 15) is 9.18 Å². The Kier molecular flexibility index (Phi) is 5.92. The minimum Gasteiger partial charge on any atom is -0.340 e. The molecule has 5 nitrogen and oxygen atoms in total. The van der Waals surface area contributed by atoms with Crippen molar-refractivity contribution >= 4 is 17.5 Å². The molecule has 7 heteroatoms. The van der Waals surface area contributed by atoms with Gasteiger partial charge in [-0.25, -0.2) is 4.39 Å². The zero-order chi connectivity index (χ0) is 20.2. The number of carbonyl (C=O) groups excluding carboxylic acids is 1. The van der Waals surface area contributed by atoms with Crippen molar-refractivity contribution in [3.05, 3.63) is 76.7 Å². The van der Waals surface area contributed by atoms with Crippen LogP contribution in [0.5, 0.6) is 0 Å². The van der Waals surface area contributed by atoms with E-state index in [1.165, 1.54) is 12.1 Å². The summed E-state index contributed by atoms with van der Waals surface area (Å²) in [6, 6.07) is 13.9. The Labute approximate surface area is 174 Å². The van der Waals surface area contributed by atoms with E-state index >= 15 is 0 Å².